The molecule has 1 aliphatic rings. The summed E-state index contributed by atoms with van der Waals surface area (Å²) in [4.78, 5) is 29.9. The fourth-order valence-corrected chi connectivity index (χ4v) is 3.45. The molecule has 1 amide bonds. The van der Waals surface area contributed by atoms with E-state index >= 15 is 0 Å². The summed E-state index contributed by atoms with van der Waals surface area (Å²) in [7, 11) is 0. The minimum atomic E-state index is -0.877. The molecule has 1 unspecified atom stereocenters. The van der Waals surface area contributed by atoms with Crippen LogP contribution in [0, 0.1) is 12.8 Å². The third-order valence-electron chi connectivity index (χ3n) is 4.52. The standard InChI is InChI=1S/C20H24N2O4S/c1-13-3-7-17(8-4-13)26-11-18-21-15(12-27-18)9-19(23)22(16-5-6-16)10-14(2)20(24)25/h3-4,7-8,12,14,16H,5-6,9-11H2,1-2H3,(H,24,25). The van der Waals surface area contributed by atoms with Crippen LogP contribution in [0.5, 0.6) is 5.75 Å². The van der Waals surface area contributed by atoms with Gasteiger partial charge < -0.3 is 14.7 Å². The zero-order chi connectivity index (χ0) is 19.4. The van der Waals surface area contributed by atoms with Gasteiger partial charge in [-0.1, -0.05) is 24.6 Å². The summed E-state index contributed by atoms with van der Waals surface area (Å²) in [6.45, 7) is 4.28. The Morgan fingerprint density at radius 2 is 2.04 bits per heavy atom. The summed E-state index contributed by atoms with van der Waals surface area (Å²) < 4.78 is 5.73. The van der Waals surface area contributed by atoms with Gasteiger partial charge in [-0.3, -0.25) is 9.59 Å². The smallest absolute Gasteiger partial charge is 0.308 e. The van der Waals surface area contributed by atoms with Crippen LogP contribution in [-0.4, -0.2) is 39.5 Å². The highest BCUT2D eigenvalue weighted by molar-refractivity contribution is 7.09. The number of carbonyl (C=O) groups excluding carboxylic acids is 1. The van der Waals surface area contributed by atoms with E-state index < -0.39 is 11.9 Å². The maximum Gasteiger partial charge on any atom is 0.308 e. The van der Waals surface area contributed by atoms with Gasteiger partial charge in [-0.2, -0.15) is 0 Å². The van der Waals surface area contributed by atoms with Crippen LogP contribution >= 0.6 is 11.3 Å². The average molecular weight is 388 g/mol. The highest BCUT2D eigenvalue weighted by Crippen LogP contribution is 2.28. The van der Waals surface area contributed by atoms with Gasteiger partial charge in [-0.05, 0) is 31.9 Å². The van der Waals surface area contributed by atoms with Gasteiger partial charge in [0, 0.05) is 18.0 Å². The monoisotopic (exact) mass is 388 g/mol. The van der Waals surface area contributed by atoms with Crippen molar-refractivity contribution >= 4 is 23.2 Å². The van der Waals surface area contributed by atoms with Crippen molar-refractivity contribution in [2.75, 3.05) is 6.54 Å². The van der Waals surface area contributed by atoms with E-state index in [2.05, 4.69) is 4.98 Å². The van der Waals surface area contributed by atoms with Crippen molar-refractivity contribution in [1.29, 1.82) is 0 Å². The molecule has 0 aliphatic heterocycles. The molecule has 1 heterocycles. The zero-order valence-corrected chi connectivity index (χ0v) is 16.4. The number of aliphatic carboxylic acids is 1. The minimum absolute atomic E-state index is 0.0538. The number of hydrogen-bond acceptors (Lipinski definition) is 5. The third kappa shape index (κ3) is 5.53. The first kappa shape index (κ1) is 19.4. The Kier molecular flexibility index (Phi) is 6.11. The third-order valence-corrected chi connectivity index (χ3v) is 5.39. The molecule has 1 atom stereocenters. The Morgan fingerprint density at radius 1 is 1.33 bits per heavy atom. The first-order chi connectivity index (χ1) is 12.9. The molecule has 144 valence electrons. The van der Waals surface area contributed by atoms with Gasteiger partial charge in [0.05, 0.1) is 18.0 Å². The van der Waals surface area contributed by atoms with Crippen molar-refractivity contribution in [3.8, 4) is 5.75 Å². The van der Waals surface area contributed by atoms with Gasteiger partial charge in [0.2, 0.25) is 5.91 Å². The Labute approximate surface area is 162 Å². The number of carboxylic acid groups (broad SMARTS) is 1. The second-order valence-corrected chi connectivity index (χ2v) is 7.97. The zero-order valence-electron chi connectivity index (χ0n) is 15.6. The number of amides is 1. The molecule has 1 saturated carbocycles. The van der Waals surface area contributed by atoms with E-state index in [1.807, 2.05) is 36.6 Å². The van der Waals surface area contributed by atoms with Gasteiger partial charge in [-0.15, -0.1) is 11.3 Å². The average Bonchev–Trinajstić information content (AvgIpc) is 3.38. The molecule has 0 saturated heterocycles. The van der Waals surface area contributed by atoms with Crippen molar-refractivity contribution < 1.29 is 19.4 Å². The molecule has 1 aliphatic carbocycles. The lowest BCUT2D eigenvalue weighted by Gasteiger charge is -2.24. The fraction of sp³-hybridized carbons (Fsp3) is 0.450. The Morgan fingerprint density at radius 3 is 2.67 bits per heavy atom. The molecule has 2 aromatic rings. The second-order valence-electron chi connectivity index (χ2n) is 7.03. The number of thiazole rings is 1. The van der Waals surface area contributed by atoms with Gasteiger partial charge in [0.15, 0.2) is 0 Å². The van der Waals surface area contributed by atoms with Crippen LogP contribution in [0.3, 0.4) is 0 Å². The Balaban J connectivity index is 1.54. The van der Waals surface area contributed by atoms with Crippen molar-refractivity contribution in [2.24, 2.45) is 5.92 Å². The number of hydrogen-bond donors (Lipinski definition) is 1. The number of benzene rings is 1. The van der Waals surface area contributed by atoms with E-state index in [1.54, 1.807) is 11.8 Å². The second kappa shape index (κ2) is 8.52. The van der Waals surface area contributed by atoms with E-state index in [-0.39, 0.29) is 24.9 Å². The lowest BCUT2D eigenvalue weighted by molar-refractivity contribution is -0.143. The number of aromatic nitrogens is 1. The number of rotatable bonds is 9. The summed E-state index contributed by atoms with van der Waals surface area (Å²) in [5.74, 6) is -0.709. The first-order valence-electron chi connectivity index (χ1n) is 9.07. The van der Waals surface area contributed by atoms with E-state index in [4.69, 9.17) is 9.84 Å². The van der Waals surface area contributed by atoms with Crippen molar-refractivity contribution in [3.05, 3.63) is 45.9 Å². The molecule has 0 radical (unpaired) electrons. The van der Waals surface area contributed by atoms with E-state index in [0.717, 1.165) is 23.6 Å². The molecule has 6 nitrogen and oxygen atoms in total. The Bertz CT molecular complexity index is 799. The molecular formula is C20H24N2O4S. The molecular weight excluding hydrogens is 364 g/mol. The summed E-state index contributed by atoms with van der Waals surface area (Å²) in [6, 6.07) is 8.01. The fourth-order valence-electron chi connectivity index (χ4n) is 2.75. The van der Waals surface area contributed by atoms with Gasteiger partial charge >= 0.3 is 5.97 Å². The maximum absolute atomic E-state index is 12.6. The van der Waals surface area contributed by atoms with Gasteiger partial charge in [0.25, 0.3) is 0 Å². The number of carboxylic acids is 1. The molecule has 1 aromatic carbocycles. The summed E-state index contributed by atoms with van der Waals surface area (Å²) >= 11 is 1.47. The summed E-state index contributed by atoms with van der Waals surface area (Å²) in [5.41, 5.74) is 1.89. The van der Waals surface area contributed by atoms with Crippen LogP contribution in [0.2, 0.25) is 0 Å². The lowest BCUT2D eigenvalue weighted by Crippen LogP contribution is -2.39. The summed E-state index contributed by atoms with van der Waals surface area (Å²) in [5, 5.41) is 11.8. The molecule has 27 heavy (non-hydrogen) atoms. The quantitative estimate of drug-likeness (QED) is 0.713. The van der Waals surface area contributed by atoms with Crippen molar-refractivity contribution in [3.63, 3.8) is 0 Å². The largest absolute Gasteiger partial charge is 0.486 e. The molecule has 1 aromatic heterocycles. The molecule has 7 heteroatoms. The van der Waals surface area contributed by atoms with Crippen LogP contribution in [-0.2, 0) is 22.6 Å². The molecule has 1 N–H and O–H groups in total. The Hall–Kier alpha value is -2.41. The van der Waals surface area contributed by atoms with Gasteiger partial charge in [0.1, 0.15) is 17.4 Å². The van der Waals surface area contributed by atoms with E-state index in [1.165, 1.54) is 16.9 Å². The number of aryl methyl sites for hydroxylation is 1. The normalized spacial score (nSPS) is 14.6. The molecule has 1 fully saturated rings. The van der Waals surface area contributed by atoms with E-state index in [0.29, 0.717) is 12.3 Å². The predicted octanol–water partition coefficient (Wildman–Crippen LogP) is 3.28. The number of ether oxygens (including phenoxy) is 1. The minimum Gasteiger partial charge on any atom is -0.486 e. The number of carbonyl (C=O) groups is 2. The topological polar surface area (TPSA) is 79.7 Å². The van der Waals surface area contributed by atoms with Gasteiger partial charge in [-0.25, -0.2) is 4.98 Å². The first-order valence-corrected chi connectivity index (χ1v) is 9.95. The van der Waals surface area contributed by atoms with Crippen molar-refractivity contribution in [2.45, 2.75) is 45.8 Å². The van der Waals surface area contributed by atoms with Crippen molar-refractivity contribution in [1.82, 2.24) is 9.88 Å². The van der Waals surface area contributed by atoms with Crippen LogP contribution < -0.4 is 4.74 Å². The molecule has 0 spiro atoms. The van der Waals surface area contributed by atoms with Crippen LogP contribution in [0.1, 0.15) is 36.0 Å². The summed E-state index contributed by atoms with van der Waals surface area (Å²) in [6.07, 6.45) is 2.10. The van der Waals surface area contributed by atoms with Crippen LogP contribution in [0.15, 0.2) is 29.6 Å². The SMILES string of the molecule is Cc1ccc(OCc2nc(CC(=O)N(CC(C)C(=O)O)C3CC3)cs2)cc1. The highest BCUT2D eigenvalue weighted by atomic mass is 32.1. The maximum atomic E-state index is 12.6. The number of nitrogens with zero attached hydrogens (tertiary/aromatic N) is 2. The van der Waals surface area contributed by atoms with Crippen LogP contribution in [0.25, 0.3) is 0 Å². The highest BCUT2D eigenvalue weighted by Gasteiger charge is 2.34. The predicted molar refractivity (Wildman–Crippen MR) is 103 cm³/mol. The lowest BCUT2D eigenvalue weighted by atomic mass is 10.1. The molecule has 3 rings (SSSR count). The van der Waals surface area contributed by atoms with E-state index in [9.17, 15) is 9.59 Å². The molecule has 0 bridgehead atoms. The van der Waals surface area contributed by atoms with Crippen LogP contribution in [0.4, 0.5) is 0 Å².